The van der Waals surface area contributed by atoms with Crippen LogP contribution in [0.5, 0.6) is 0 Å². The van der Waals surface area contributed by atoms with Crippen molar-refractivity contribution >= 4 is 18.0 Å². The SMILES string of the molecule is COC(=O)C1CN(C(=O)N[C@H](C)C(=O)O)CCO1. The quantitative estimate of drug-likeness (QED) is 0.633. The van der Waals surface area contributed by atoms with Gasteiger partial charge in [-0.2, -0.15) is 0 Å². The first-order chi connectivity index (χ1) is 8.45. The molecule has 8 nitrogen and oxygen atoms in total. The van der Waals surface area contributed by atoms with Crippen LogP contribution in [0, 0.1) is 0 Å². The number of nitrogens with one attached hydrogen (secondary N) is 1. The summed E-state index contributed by atoms with van der Waals surface area (Å²) in [5.41, 5.74) is 0. The Balaban J connectivity index is 2.53. The molecule has 1 heterocycles. The van der Waals surface area contributed by atoms with Crippen LogP contribution >= 0.6 is 0 Å². The molecule has 0 aromatic carbocycles. The van der Waals surface area contributed by atoms with Crippen LogP contribution in [-0.2, 0) is 19.1 Å². The smallest absolute Gasteiger partial charge is 0.336 e. The first-order valence-electron chi connectivity index (χ1n) is 5.43. The molecule has 2 atom stereocenters. The van der Waals surface area contributed by atoms with Gasteiger partial charge in [-0.3, -0.25) is 4.79 Å². The van der Waals surface area contributed by atoms with Crippen LogP contribution in [-0.4, -0.2) is 66.9 Å². The maximum Gasteiger partial charge on any atom is 0.336 e. The van der Waals surface area contributed by atoms with Crippen LogP contribution in [0.3, 0.4) is 0 Å². The van der Waals surface area contributed by atoms with Gasteiger partial charge in [0, 0.05) is 6.54 Å². The molecule has 0 aromatic rings. The molecule has 1 saturated heterocycles. The van der Waals surface area contributed by atoms with Crippen molar-refractivity contribution in [2.24, 2.45) is 0 Å². The molecule has 8 heteroatoms. The van der Waals surface area contributed by atoms with E-state index in [-0.39, 0.29) is 13.2 Å². The van der Waals surface area contributed by atoms with Gasteiger partial charge in [0.15, 0.2) is 6.10 Å². The third-order valence-electron chi connectivity index (χ3n) is 2.53. The van der Waals surface area contributed by atoms with E-state index in [1.165, 1.54) is 18.9 Å². The molecule has 0 aliphatic carbocycles. The fourth-order valence-corrected chi connectivity index (χ4v) is 1.45. The van der Waals surface area contributed by atoms with E-state index in [9.17, 15) is 14.4 Å². The highest BCUT2D eigenvalue weighted by atomic mass is 16.6. The number of hydrogen-bond acceptors (Lipinski definition) is 5. The van der Waals surface area contributed by atoms with Gasteiger partial charge < -0.3 is 24.8 Å². The lowest BCUT2D eigenvalue weighted by molar-refractivity contribution is -0.158. The number of carbonyl (C=O) groups excluding carboxylic acids is 2. The number of urea groups is 1. The van der Waals surface area contributed by atoms with Crippen LogP contribution in [0.2, 0.25) is 0 Å². The highest BCUT2D eigenvalue weighted by molar-refractivity contribution is 5.83. The lowest BCUT2D eigenvalue weighted by Gasteiger charge is -2.31. The highest BCUT2D eigenvalue weighted by Gasteiger charge is 2.30. The molecule has 102 valence electrons. The topological polar surface area (TPSA) is 105 Å². The van der Waals surface area contributed by atoms with Crippen molar-refractivity contribution in [2.75, 3.05) is 26.8 Å². The fourth-order valence-electron chi connectivity index (χ4n) is 1.45. The Kier molecular flexibility index (Phi) is 4.90. The van der Waals surface area contributed by atoms with Gasteiger partial charge in [-0.1, -0.05) is 0 Å². The van der Waals surface area contributed by atoms with E-state index in [4.69, 9.17) is 9.84 Å². The Labute approximate surface area is 104 Å². The minimum atomic E-state index is -1.12. The second-order valence-corrected chi connectivity index (χ2v) is 3.84. The fraction of sp³-hybridized carbons (Fsp3) is 0.700. The van der Waals surface area contributed by atoms with Gasteiger partial charge in [-0.15, -0.1) is 0 Å². The summed E-state index contributed by atoms with van der Waals surface area (Å²) in [7, 11) is 1.23. The molecular weight excluding hydrogens is 244 g/mol. The summed E-state index contributed by atoms with van der Waals surface area (Å²) in [4.78, 5) is 34.9. The molecule has 0 bridgehead atoms. The number of methoxy groups -OCH3 is 1. The zero-order chi connectivity index (χ0) is 13.7. The highest BCUT2D eigenvalue weighted by Crippen LogP contribution is 2.07. The van der Waals surface area contributed by atoms with Gasteiger partial charge in [0.1, 0.15) is 6.04 Å². The lowest BCUT2D eigenvalue weighted by Crippen LogP contribution is -2.54. The van der Waals surface area contributed by atoms with E-state index in [0.29, 0.717) is 6.54 Å². The summed E-state index contributed by atoms with van der Waals surface area (Å²) >= 11 is 0. The monoisotopic (exact) mass is 260 g/mol. The molecule has 1 aliphatic heterocycles. The summed E-state index contributed by atoms with van der Waals surface area (Å²) in [6.07, 6.45) is -0.824. The van der Waals surface area contributed by atoms with Crippen LogP contribution in [0.15, 0.2) is 0 Å². The standard InChI is InChI=1S/C10H16N2O6/c1-6(8(13)14)11-10(16)12-3-4-18-7(5-12)9(15)17-2/h6-7H,3-5H2,1-2H3,(H,11,16)(H,13,14)/t6-,7?/m1/s1. The van der Waals surface area contributed by atoms with Crippen molar-refractivity contribution in [1.82, 2.24) is 10.2 Å². The molecule has 18 heavy (non-hydrogen) atoms. The molecule has 2 amide bonds. The Morgan fingerprint density at radius 2 is 2.17 bits per heavy atom. The number of amides is 2. The maximum atomic E-state index is 11.7. The van der Waals surface area contributed by atoms with Crippen LogP contribution in [0.1, 0.15) is 6.92 Å². The largest absolute Gasteiger partial charge is 0.480 e. The molecule has 0 radical (unpaired) electrons. The molecule has 1 fully saturated rings. The van der Waals surface area contributed by atoms with Crippen molar-refractivity contribution < 1.29 is 29.0 Å². The van der Waals surface area contributed by atoms with Gasteiger partial charge in [-0.25, -0.2) is 9.59 Å². The van der Waals surface area contributed by atoms with Crippen molar-refractivity contribution in [2.45, 2.75) is 19.1 Å². The molecule has 0 spiro atoms. The first kappa shape index (κ1) is 14.2. The second kappa shape index (κ2) is 6.20. The molecule has 1 aliphatic rings. The number of carboxylic acid groups (broad SMARTS) is 1. The normalized spacial score (nSPS) is 21.0. The zero-order valence-electron chi connectivity index (χ0n) is 10.2. The van der Waals surface area contributed by atoms with Gasteiger partial charge in [0.2, 0.25) is 0 Å². The third kappa shape index (κ3) is 3.59. The number of morpholine rings is 1. The molecule has 0 saturated carbocycles. The summed E-state index contributed by atoms with van der Waals surface area (Å²) in [6.45, 7) is 1.91. The number of rotatable bonds is 3. The van der Waals surface area contributed by atoms with E-state index >= 15 is 0 Å². The maximum absolute atomic E-state index is 11.7. The van der Waals surface area contributed by atoms with Crippen LogP contribution in [0.25, 0.3) is 0 Å². The minimum absolute atomic E-state index is 0.0465. The van der Waals surface area contributed by atoms with Crippen LogP contribution in [0.4, 0.5) is 4.79 Å². The molecular formula is C10H16N2O6. The van der Waals surface area contributed by atoms with Crippen molar-refractivity contribution in [3.8, 4) is 0 Å². The predicted octanol–water partition coefficient (Wildman–Crippen LogP) is -0.957. The van der Waals surface area contributed by atoms with Gasteiger partial charge in [0.05, 0.1) is 20.3 Å². The number of hydrogen-bond donors (Lipinski definition) is 2. The lowest BCUT2D eigenvalue weighted by atomic mass is 10.3. The number of esters is 1. The van der Waals surface area contributed by atoms with E-state index < -0.39 is 30.1 Å². The summed E-state index contributed by atoms with van der Waals surface area (Å²) < 4.78 is 9.67. The average molecular weight is 260 g/mol. The number of ether oxygens (including phenoxy) is 2. The van der Waals surface area contributed by atoms with Crippen molar-refractivity contribution in [3.05, 3.63) is 0 Å². The van der Waals surface area contributed by atoms with E-state index in [1.54, 1.807) is 0 Å². The summed E-state index contributed by atoms with van der Waals surface area (Å²) in [6, 6.07) is -1.53. The zero-order valence-corrected chi connectivity index (χ0v) is 10.2. The Morgan fingerprint density at radius 1 is 1.50 bits per heavy atom. The summed E-state index contributed by atoms with van der Waals surface area (Å²) in [5.74, 6) is -1.68. The molecule has 0 aromatic heterocycles. The van der Waals surface area contributed by atoms with Crippen molar-refractivity contribution in [1.29, 1.82) is 0 Å². The van der Waals surface area contributed by atoms with E-state index in [0.717, 1.165) is 0 Å². The number of carboxylic acids is 1. The molecule has 2 N–H and O–H groups in total. The third-order valence-corrected chi connectivity index (χ3v) is 2.53. The van der Waals surface area contributed by atoms with Gasteiger partial charge in [0.25, 0.3) is 0 Å². The Morgan fingerprint density at radius 3 is 2.72 bits per heavy atom. The van der Waals surface area contributed by atoms with Crippen molar-refractivity contribution in [3.63, 3.8) is 0 Å². The number of nitrogens with zero attached hydrogens (tertiary/aromatic N) is 1. The Hall–Kier alpha value is -1.83. The van der Waals surface area contributed by atoms with E-state index in [2.05, 4.69) is 10.1 Å². The first-order valence-corrected chi connectivity index (χ1v) is 5.43. The summed E-state index contributed by atoms with van der Waals surface area (Å²) in [5, 5.41) is 11.0. The minimum Gasteiger partial charge on any atom is -0.480 e. The number of aliphatic carboxylic acids is 1. The van der Waals surface area contributed by atoms with Gasteiger partial charge in [-0.05, 0) is 6.92 Å². The molecule has 1 rings (SSSR count). The Bertz CT molecular complexity index is 345. The number of carbonyl (C=O) groups is 3. The average Bonchev–Trinajstić information content (AvgIpc) is 2.37. The van der Waals surface area contributed by atoms with Gasteiger partial charge >= 0.3 is 18.0 Å². The second-order valence-electron chi connectivity index (χ2n) is 3.84. The molecule has 1 unspecified atom stereocenters. The van der Waals surface area contributed by atoms with Crippen LogP contribution < -0.4 is 5.32 Å². The predicted molar refractivity (Wildman–Crippen MR) is 59.0 cm³/mol. The van der Waals surface area contributed by atoms with E-state index in [1.807, 2.05) is 0 Å².